The molecule has 1 unspecified atom stereocenters. The fourth-order valence-corrected chi connectivity index (χ4v) is 4.65. The summed E-state index contributed by atoms with van der Waals surface area (Å²) in [6, 6.07) is 10.0. The molecular formula is C26H32N4O2. The molecular weight excluding hydrogens is 400 g/mol. The fraction of sp³-hybridized carbons (Fsp3) is 0.462. The lowest BCUT2D eigenvalue weighted by Crippen LogP contribution is -2.41. The predicted molar refractivity (Wildman–Crippen MR) is 127 cm³/mol. The van der Waals surface area contributed by atoms with E-state index in [1.54, 1.807) is 6.21 Å². The zero-order valence-electron chi connectivity index (χ0n) is 19.4. The third-order valence-corrected chi connectivity index (χ3v) is 6.60. The van der Waals surface area contributed by atoms with Crippen molar-refractivity contribution in [2.24, 2.45) is 10.9 Å². The maximum absolute atomic E-state index is 13.6. The Balaban J connectivity index is 1.69. The second-order valence-corrected chi connectivity index (χ2v) is 9.13. The SMILES string of the molecule is CCN(CC)CCCC1C(=O)c2[nH]c(Cc3ccccc3)nc2C2=C1C(=O)C(C)(C)N=C2. The van der Waals surface area contributed by atoms with Crippen LogP contribution in [0.1, 0.15) is 68.1 Å². The number of carbonyl (C=O) groups excluding carboxylic acids is 2. The second kappa shape index (κ2) is 8.94. The molecule has 1 aromatic heterocycles. The van der Waals surface area contributed by atoms with Crippen molar-refractivity contribution in [3.05, 3.63) is 58.7 Å². The Morgan fingerprint density at radius 1 is 1.09 bits per heavy atom. The number of nitrogens with zero attached hydrogens (tertiary/aromatic N) is 3. The lowest BCUT2D eigenvalue weighted by atomic mass is 9.73. The monoisotopic (exact) mass is 432 g/mol. The minimum absolute atomic E-state index is 0.0236. The van der Waals surface area contributed by atoms with E-state index in [-0.39, 0.29) is 11.6 Å². The van der Waals surface area contributed by atoms with Crippen molar-refractivity contribution in [1.29, 1.82) is 0 Å². The number of aromatic nitrogens is 2. The van der Waals surface area contributed by atoms with Gasteiger partial charge in [0.05, 0.1) is 5.92 Å². The first-order chi connectivity index (χ1) is 15.4. The number of hydrogen-bond donors (Lipinski definition) is 1. The number of H-pyrrole nitrogens is 1. The number of fused-ring (bicyclic) bond motifs is 2. The molecule has 1 N–H and O–H groups in total. The van der Waals surface area contributed by atoms with E-state index in [1.165, 1.54) is 0 Å². The molecule has 0 amide bonds. The number of aliphatic imine (C=N–C) groups is 1. The van der Waals surface area contributed by atoms with Crippen LogP contribution in [0.3, 0.4) is 0 Å². The maximum atomic E-state index is 13.6. The summed E-state index contributed by atoms with van der Waals surface area (Å²) < 4.78 is 0. The van der Waals surface area contributed by atoms with Gasteiger partial charge in [0.1, 0.15) is 22.8 Å². The lowest BCUT2D eigenvalue weighted by molar-refractivity contribution is -0.119. The molecule has 0 radical (unpaired) electrons. The van der Waals surface area contributed by atoms with Crippen LogP contribution in [0.25, 0.3) is 5.57 Å². The van der Waals surface area contributed by atoms with Gasteiger partial charge in [-0.1, -0.05) is 44.2 Å². The normalized spacial score (nSPS) is 19.5. The van der Waals surface area contributed by atoms with Crippen molar-refractivity contribution in [1.82, 2.24) is 14.9 Å². The number of rotatable bonds is 8. The van der Waals surface area contributed by atoms with Crippen LogP contribution in [0.4, 0.5) is 0 Å². The molecule has 0 fully saturated rings. The highest BCUT2D eigenvalue weighted by atomic mass is 16.1. The van der Waals surface area contributed by atoms with Crippen LogP contribution in [0.15, 0.2) is 40.9 Å². The highest BCUT2D eigenvalue weighted by Gasteiger charge is 2.45. The van der Waals surface area contributed by atoms with Gasteiger partial charge in [0, 0.05) is 23.8 Å². The van der Waals surface area contributed by atoms with Gasteiger partial charge in [-0.25, -0.2) is 4.98 Å². The second-order valence-electron chi connectivity index (χ2n) is 9.13. The highest BCUT2D eigenvalue weighted by Crippen LogP contribution is 2.40. The molecule has 2 aliphatic rings. The molecule has 6 heteroatoms. The first-order valence-electron chi connectivity index (χ1n) is 11.6. The number of hydrogen-bond acceptors (Lipinski definition) is 5. The van der Waals surface area contributed by atoms with Crippen LogP contribution in [0, 0.1) is 5.92 Å². The molecule has 0 spiro atoms. The quantitative estimate of drug-likeness (QED) is 0.681. The third-order valence-electron chi connectivity index (χ3n) is 6.60. The summed E-state index contributed by atoms with van der Waals surface area (Å²) in [5.74, 6) is 0.200. The first-order valence-corrected chi connectivity index (χ1v) is 11.6. The average molecular weight is 433 g/mol. The van der Waals surface area contributed by atoms with E-state index < -0.39 is 11.5 Å². The van der Waals surface area contributed by atoms with E-state index in [0.717, 1.165) is 37.4 Å². The largest absolute Gasteiger partial charge is 0.339 e. The minimum atomic E-state index is -0.850. The number of nitrogens with one attached hydrogen (secondary N) is 1. The number of imidazole rings is 1. The zero-order valence-corrected chi connectivity index (χ0v) is 19.4. The summed E-state index contributed by atoms with van der Waals surface area (Å²) in [4.78, 5) is 41.8. The van der Waals surface area contributed by atoms with E-state index >= 15 is 0 Å². The summed E-state index contributed by atoms with van der Waals surface area (Å²) in [6.45, 7) is 10.8. The number of dihydropyridines is 1. The van der Waals surface area contributed by atoms with Crippen molar-refractivity contribution in [2.75, 3.05) is 19.6 Å². The van der Waals surface area contributed by atoms with Crippen molar-refractivity contribution < 1.29 is 9.59 Å². The van der Waals surface area contributed by atoms with Gasteiger partial charge in [0.15, 0.2) is 11.6 Å². The van der Waals surface area contributed by atoms with Crippen LogP contribution < -0.4 is 0 Å². The van der Waals surface area contributed by atoms with Crippen molar-refractivity contribution in [3.63, 3.8) is 0 Å². The number of Topliss-reactive ketones (excluding diaryl/α,β-unsaturated/α-hetero) is 2. The Labute approximate surface area is 189 Å². The molecule has 1 aromatic carbocycles. The number of ketones is 2. The van der Waals surface area contributed by atoms with Gasteiger partial charge in [-0.15, -0.1) is 0 Å². The molecule has 1 aliphatic carbocycles. The molecule has 168 valence electrons. The lowest BCUT2D eigenvalue weighted by Gasteiger charge is -2.32. The Bertz CT molecular complexity index is 1070. The topological polar surface area (TPSA) is 78.4 Å². The van der Waals surface area contributed by atoms with Gasteiger partial charge < -0.3 is 9.88 Å². The summed E-state index contributed by atoms with van der Waals surface area (Å²) in [6.07, 6.45) is 3.87. The average Bonchev–Trinajstić information content (AvgIpc) is 3.20. The minimum Gasteiger partial charge on any atom is -0.339 e. The Kier molecular flexibility index (Phi) is 6.24. The summed E-state index contributed by atoms with van der Waals surface area (Å²) in [5.41, 5.74) is 2.67. The van der Waals surface area contributed by atoms with Gasteiger partial charge in [0.25, 0.3) is 0 Å². The van der Waals surface area contributed by atoms with Gasteiger partial charge in [-0.05, 0) is 51.9 Å². The van der Waals surface area contributed by atoms with Crippen LogP contribution in [0.2, 0.25) is 0 Å². The molecule has 2 aromatic rings. The van der Waals surface area contributed by atoms with Crippen molar-refractivity contribution in [2.45, 2.75) is 52.5 Å². The van der Waals surface area contributed by atoms with Crippen molar-refractivity contribution >= 4 is 23.4 Å². The molecule has 0 bridgehead atoms. The Morgan fingerprint density at radius 2 is 1.81 bits per heavy atom. The van der Waals surface area contributed by atoms with Crippen LogP contribution in [-0.4, -0.2) is 57.8 Å². The molecule has 0 saturated heterocycles. The number of allylic oxidation sites excluding steroid dienone is 1. The fourth-order valence-electron chi connectivity index (χ4n) is 4.65. The number of carbonyl (C=O) groups is 2. The van der Waals surface area contributed by atoms with Gasteiger partial charge in [0.2, 0.25) is 0 Å². The molecule has 32 heavy (non-hydrogen) atoms. The van der Waals surface area contributed by atoms with E-state index in [2.05, 4.69) is 28.7 Å². The molecule has 1 aliphatic heterocycles. The summed E-state index contributed by atoms with van der Waals surface area (Å²) >= 11 is 0. The Morgan fingerprint density at radius 3 is 2.50 bits per heavy atom. The standard InChI is InChI=1S/C26H32N4O2/c1-5-30(6-2)14-10-13-18-21-19(16-27-26(3,4)25(21)32)22-23(24(18)31)29-20(28-22)15-17-11-8-7-9-12-17/h7-9,11-12,16,18H,5-6,10,13-15H2,1-4H3,(H,28,29). The van der Waals surface area contributed by atoms with E-state index in [1.807, 2.05) is 44.2 Å². The maximum Gasteiger partial charge on any atom is 0.188 e. The van der Waals surface area contributed by atoms with Gasteiger partial charge in [-0.2, -0.15) is 0 Å². The smallest absolute Gasteiger partial charge is 0.188 e. The van der Waals surface area contributed by atoms with Crippen LogP contribution in [-0.2, 0) is 11.2 Å². The molecule has 6 nitrogen and oxygen atoms in total. The van der Waals surface area contributed by atoms with Gasteiger partial charge >= 0.3 is 0 Å². The molecule has 0 saturated carbocycles. The van der Waals surface area contributed by atoms with E-state index in [0.29, 0.717) is 35.4 Å². The molecule has 1 atom stereocenters. The molecule has 2 heterocycles. The number of benzene rings is 1. The Hall–Kier alpha value is -2.86. The predicted octanol–water partition coefficient (Wildman–Crippen LogP) is 4.12. The van der Waals surface area contributed by atoms with Crippen LogP contribution in [0.5, 0.6) is 0 Å². The summed E-state index contributed by atoms with van der Waals surface area (Å²) in [7, 11) is 0. The highest BCUT2D eigenvalue weighted by molar-refractivity contribution is 6.30. The van der Waals surface area contributed by atoms with Crippen LogP contribution >= 0.6 is 0 Å². The third kappa shape index (κ3) is 4.11. The first kappa shape index (κ1) is 22.3. The van der Waals surface area contributed by atoms with E-state index in [9.17, 15) is 9.59 Å². The number of aromatic amines is 1. The van der Waals surface area contributed by atoms with E-state index in [4.69, 9.17) is 4.98 Å². The molecule has 4 rings (SSSR count). The zero-order chi connectivity index (χ0) is 22.9. The summed E-state index contributed by atoms with van der Waals surface area (Å²) in [5, 5.41) is 0. The van der Waals surface area contributed by atoms with Gasteiger partial charge in [-0.3, -0.25) is 14.6 Å². The van der Waals surface area contributed by atoms with Crippen molar-refractivity contribution in [3.8, 4) is 0 Å².